The zero-order chi connectivity index (χ0) is 15.7. The number of likely N-dealkylation sites (tertiary alicyclic amines) is 2. The highest BCUT2D eigenvalue weighted by Gasteiger charge is 2.47. The lowest BCUT2D eigenvalue weighted by molar-refractivity contribution is 0.00284. The minimum absolute atomic E-state index is 0.00817. The fraction of sp³-hybridized carbons (Fsp3) is 0.667. The maximum absolute atomic E-state index is 13.5. The van der Waals surface area contributed by atoms with E-state index in [1.165, 1.54) is 6.26 Å². The van der Waals surface area contributed by atoms with Gasteiger partial charge in [-0.25, -0.2) is 8.78 Å². The molecule has 0 aliphatic carbocycles. The van der Waals surface area contributed by atoms with Crippen molar-refractivity contribution in [2.24, 2.45) is 0 Å². The summed E-state index contributed by atoms with van der Waals surface area (Å²) in [7, 11) is 0. The van der Waals surface area contributed by atoms with Crippen molar-refractivity contribution in [3.8, 4) is 0 Å². The fourth-order valence-electron chi connectivity index (χ4n) is 3.48. The first-order chi connectivity index (χ1) is 10.5. The second kappa shape index (κ2) is 5.96. The van der Waals surface area contributed by atoms with Crippen molar-refractivity contribution in [3.63, 3.8) is 0 Å². The second-order valence-electron chi connectivity index (χ2n) is 6.07. The molecule has 2 aliphatic heterocycles. The molecule has 22 heavy (non-hydrogen) atoms. The number of rotatable bonds is 3. The molecule has 1 amide bonds. The van der Waals surface area contributed by atoms with Crippen LogP contribution in [0.15, 0.2) is 22.8 Å². The standard InChI is InChI=1S/C15H20F2N2O3/c16-15(17)8-12(9-20)19(10-15)11-3-5-18(6-4-11)14(21)13-2-1-7-22-13/h1-2,7,11-12,20H,3-6,8-10H2/t12-/m0/s1. The van der Waals surface area contributed by atoms with Gasteiger partial charge in [-0.05, 0) is 25.0 Å². The number of piperidine rings is 1. The molecule has 1 atom stereocenters. The number of carbonyl (C=O) groups excluding carboxylic acids is 1. The molecule has 2 aliphatic rings. The van der Waals surface area contributed by atoms with E-state index in [2.05, 4.69) is 0 Å². The van der Waals surface area contributed by atoms with Crippen LogP contribution in [-0.4, -0.2) is 65.1 Å². The average molecular weight is 314 g/mol. The van der Waals surface area contributed by atoms with E-state index in [1.807, 2.05) is 0 Å². The van der Waals surface area contributed by atoms with Crippen molar-refractivity contribution >= 4 is 5.91 Å². The number of aliphatic hydroxyl groups is 1. The summed E-state index contributed by atoms with van der Waals surface area (Å²) in [6.45, 7) is 0.491. The summed E-state index contributed by atoms with van der Waals surface area (Å²) in [5.74, 6) is -2.58. The van der Waals surface area contributed by atoms with Gasteiger partial charge in [-0.3, -0.25) is 9.69 Å². The van der Waals surface area contributed by atoms with Gasteiger partial charge in [-0.15, -0.1) is 0 Å². The van der Waals surface area contributed by atoms with Crippen molar-refractivity contribution in [1.29, 1.82) is 0 Å². The maximum Gasteiger partial charge on any atom is 0.289 e. The van der Waals surface area contributed by atoms with Crippen LogP contribution in [-0.2, 0) is 0 Å². The summed E-state index contributed by atoms with van der Waals surface area (Å²) in [5.41, 5.74) is 0. The Morgan fingerprint density at radius 1 is 1.41 bits per heavy atom. The van der Waals surface area contributed by atoms with Crippen LogP contribution in [0.25, 0.3) is 0 Å². The number of furan rings is 1. The zero-order valence-electron chi connectivity index (χ0n) is 12.3. The molecule has 2 fully saturated rings. The first-order valence-corrected chi connectivity index (χ1v) is 7.57. The number of amides is 1. The highest BCUT2D eigenvalue weighted by atomic mass is 19.3. The van der Waals surface area contributed by atoms with Gasteiger partial charge in [0, 0.05) is 31.6 Å². The van der Waals surface area contributed by atoms with Gasteiger partial charge in [0.2, 0.25) is 0 Å². The minimum atomic E-state index is -2.73. The number of carbonyl (C=O) groups is 1. The summed E-state index contributed by atoms with van der Waals surface area (Å²) < 4.78 is 32.2. The van der Waals surface area contributed by atoms with E-state index in [9.17, 15) is 18.7 Å². The van der Waals surface area contributed by atoms with Crippen LogP contribution in [0.2, 0.25) is 0 Å². The lowest BCUT2D eigenvalue weighted by Gasteiger charge is -2.38. The number of nitrogens with zero attached hydrogens (tertiary/aromatic N) is 2. The molecule has 0 bridgehead atoms. The third-order valence-corrected chi connectivity index (χ3v) is 4.58. The van der Waals surface area contributed by atoms with Gasteiger partial charge < -0.3 is 14.4 Å². The van der Waals surface area contributed by atoms with Crippen LogP contribution >= 0.6 is 0 Å². The Hall–Kier alpha value is -1.47. The Morgan fingerprint density at radius 3 is 2.73 bits per heavy atom. The number of alkyl halides is 2. The van der Waals surface area contributed by atoms with Crippen molar-refractivity contribution < 1.29 is 23.1 Å². The predicted octanol–water partition coefficient (Wildman–Crippen LogP) is 1.59. The maximum atomic E-state index is 13.5. The summed E-state index contributed by atoms with van der Waals surface area (Å²) in [5, 5.41) is 9.31. The monoisotopic (exact) mass is 314 g/mol. The molecule has 0 aromatic carbocycles. The van der Waals surface area contributed by atoms with Gasteiger partial charge in [0.15, 0.2) is 5.76 Å². The fourth-order valence-corrected chi connectivity index (χ4v) is 3.48. The Labute approximate surface area is 127 Å². The van der Waals surface area contributed by atoms with E-state index in [0.717, 1.165) is 0 Å². The van der Waals surface area contributed by atoms with Gasteiger partial charge >= 0.3 is 0 Å². The van der Waals surface area contributed by atoms with E-state index in [-0.39, 0.29) is 31.5 Å². The van der Waals surface area contributed by atoms with Gasteiger partial charge in [-0.1, -0.05) is 0 Å². The first kappa shape index (κ1) is 15.4. The summed E-state index contributed by atoms with van der Waals surface area (Å²) in [4.78, 5) is 15.6. The smallest absolute Gasteiger partial charge is 0.289 e. The highest BCUT2D eigenvalue weighted by molar-refractivity contribution is 5.91. The second-order valence-corrected chi connectivity index (χ2v) is 6.07. The number of halogens is 2. The van der Waals surface area contributed by atoms with Crippen molar-refractivity contribution in [2.45, 2.75) is 37.3 Å². The SMILES string of the molecule is O=C(c1ccco1)N1CCC(N2CC(F)(F)C[C@H]2CO)CC1. The van der Waals surface area contributed by atoms with Crippen molar-refractivity contribution in [2.75, 3.05) is 26.2 Å². The van der Waals surface area contributed by atoms with E-state index in [4.69, 9.17) is 4.42 Å². The predicted molar refractivity (Wildman–Crippen MR) is 74.8 cm³/mol. The summed E-state index contributed by atoms with van der Waals surface area (Å²) >= 11 is 0. The van der Waals surface area contributed by atoms with E-state index in [0.29, 0.717) is 31.7 Å². The Kier molecular flexibility index (Phi) is 4.18. The van der Waals surface area contributed by atoms with Crippen LogP contribution in [0.3, 0.4) is 0 Å². The van der Waals surface area contributed by atoms with Gasteiger partial charge in [0.1, 0.15) is 0 Å². The summed E-state index contributed by atoms with van der Waals surface area (Å²) in [6.07, 6.45) is 2.45. The largest absolute Gasteiger partial charge is 0.459 e. The quantitative estimate of drug-likeness (QED) is 0.920. The third kappa shape index (κ3) is 3.01. The van der Waals surface area contributed by atoms with Crippen molar-refractivity contribution in [1.82, 2.24) is 9.80 Å². The lowest BCUT2D eigenvalue weighted by Crippen LogP contribution is -2.49. The lowest BCUT2D eigenvalue weighted by atomic mass is 10.0. The van der Waals surface area contributed by atoms with Crippen LogP contribution in [0.5, 0.6) is 0 Å². The molecular weight excluding hydrogens is 294 g/mol. The number of aliphatic hydroxyl groups excluding tert-OH is 1. The van der Waals surface area contributed by atoms with E-state index < -0.39 is 12.0 Å². The Balaban J connectivity index is 1.59. The normalized spacial score (nSPS) is 26.5. The molecule has 7 heteroatoms. The molecule has 3 rings (SSSR count). The molecular formula is C15H20F2N2O3. The molecule has 3 heterocycles. The molecule has 1 aromatic heterocycles. The molecule has 0 spiro atoms. The van der Waals surface area contributed by atoms with Crippen LogP contribution in [0.4, 0.5) is 8.78 Å². The Bertz CT molecular complexity index is 513. The van der Waals surface area contributed by atoms with E-state index in [1.54, 1.807) is 21.9 Å². The topological polar surface area (TPSA) is 56.9 Å². The Morgan fingerprint density at radius 2 is 2.14 bits per heavy atom. The molecule has 1 N–H and O–H groups in total. The molecule has 2 saturated heterocycles. The van der Waals surface area contributed by atoms with Crippen LogP contribution < -0.4 is 0 Å². The number of hydrogen-bond acceptors (Lipinski definition) is 4. The molecule has 0 radical (unpaired) electrons. The first-order valence-electron chi connectivity index (χ1n) is 7.57. The molecule has 0 saturated carbocycles. The average Bonchev–Trinajstić information content (AvgIpc) is 3.14. The van der Waals surface area contributed by atoms with Gasteiger partial charge in [0.05, 0.1) is 19.4 Å². The van der Waals surface area contributed by atoms with Crippen molar-refractivity contribution in [3.05, 3.63) is 24.2 Å². The zero-order valence-corrected chi connectivity index (χ0v) is 12.3. The molecule has 122 valence electrons. The van der Waals surface area contributed by atoms with Gasteiger partial charge in [0.25, 0.3) is 11.8 Å². The minimum Gasteiger partial charge on any atom is -0.459 e. The molecule has 1 aromatic rings. The van der Waals surface area contributed by atoms with E-state index >= 15 is 0 Å². The molecule has 5 nitrogen and oxygen atoms in total. The molecule has 0 unspecified atom stereocenters. The van der Waals surface area contributed by atoms with Crippen LogP contribution in [0, 0.1) is 0 Å². The van der Waals surface area contributed by atoms with Gasteiger partial charge in [-0.2, -0.15) is 0 Å². The highest BCUT2D eigenvalue weighted by Crippen LogP contribution is 2.35. The van der Waals surface area contributed by atoms with Crippen LogP contribution in [0.1, 0.15) is 29.8 Å². The summed E-state index contributed by atoms with van der Waals surface area (Å²) in [6, 6.07) is 2.80. The number of hydrogen-bond donors (Lipinski definition) is 1. The third-order valence-electron chi connectivity index (χ3n) is 4.58.